The summed E-state index contributed by atoms with van der Waals surface area (Å²) in [6, 6.07) is 7.99. The normalized spacial score (nSPS) is 18.1. The van der Waals surface area contributed by atoms with Crippen LogP contribution in [0.15, 0.2) is 42.6 Å². The minimum atomic E-state index is -4.47. The predicted molar refractivity (Wildman–Crippen MR) is 122 cm³/mol. The number of halogens is 3. The van der Waals surface area contributed by atoms with Crippen LogP contribution in [-0.4, -0.2) is 77.8 Å². The average molecular weight is 476 g/mol. The molecule has 0 radical (unpaired) electrons. The van der Waals surface area contributed by atoms with Gasteiger partial charge in [0.15, 0.2) is 0 Å². The van der Waals surface area contributed by atoms with Gasteiger partial charge in [-0.1, -0.05) is 6.07 Å². The van der Waals surface area contributed by atoms with Crippen molar-refractivity contribution in [1.29, 1.82) is 0 Å². The molecule has 2 amide bonds. The molecule has 1 N–H and O–H groups in total. The molecule has 34 heavy (non-hydrogen) atoms. The van der Waals surface area contributed by atoms with Crippen LogP contribution in [0.4, 0.5) is 24.7 Å². The van der Waals surface area contributed by atoms with Gasteiger partial charge in [-0.15, -0.1) is 0 Å². The Bertz CT molecular complexity index is 1030. The first kappa shape index (κ1) is 24.0. The number of rotatable bonds is 4. The van der Waals surface area contributed by atoms with Gasteiger partial charge in [-0.25, -0.2) is 4.98 Å². The maximum Gasteiger partial charge on any atom is 0.416 e. The number of likely N-dealkylation sites (N-methyl/N-ethyl adjacent to an activating group) is 1. The molecule has 0 aliphatic carbocycles. The van der Waals surface area contributed by atoms with Crippen LogP contribution in [0.3, 0.4) is 0 Å². The molecule has 7 nitrogen and oxygen atoms in total. The van der Waals surface area contributed by atoms with E-state index >= 15 is 0 Å². The van der Waals surface area contributed by atoms with Crippen molar-refractivity contribution in [1.82, 2.24) is 19.7 Å². The van der Waals surface area contributed by atoms with Gasteiger partial charge in [0.05, 0.1) is 11.1 Å². The molecule has 1 aromatic carbocycles. The summed E-state index contributed by atoms with van der Waals surface area (Å²) in [6.45, 7) is 4.09. The molecular formula is C24H28F3N5O2. The Morgan fingerprint density at radius 3 is 2.35 bits per heavy atom. The lowest BCUT2D eigenvalue weighted by Crippen LogP contribution is -2.51. The first-order valence-corrected chi connectivity index (χ1v) is 11.4. The molecule has 2 fully saturated rings. The molecule has 2 aliphatic heterocycles. The fourth-order valence-electron chi connectivity index (χ4n) is 4.37. The topological polar surface area (TPSA) is 68.8 Å². The number of piperidine rings is 1. The second-order valence-corrected chi connectivity index (χ2v) is 8.80. The van der Waals surface area contributed by atoms with E-state index < -0.39 is 11.7 Å². The van der Waals surface area contributed by atoms with Crippen molar-refractivity contribution in [3.63, 3.8) is 0 Å². The van der Waals surface area contributed by atoms with E-state index in [2.05, 4.69) is 15.2 Å². The molecule has 0 spiro atoms. The smallest absolute Gasteiger partial charge is 0.340 e. The number of benzene rings is 1. The van der Waals surface area contributed by atoms with Crippen molar-refractivity contribution >= 4 is 23.3 Å². The SMILES string of the molecule is CN1CCN(C(=O)C2CCN(C(=O)c3cccnc3Nc3cccc(C(F)(F)F)c3)CC2)CC1. The van der Waals surface area contributed by atoms with Crippen LogP contribution in [0, 0.1) is 5.92 Å². The van der Waals surface area contributed by atoms with E-state index in [1.165, 1.54) is 18.3 Å². The fraction of sp³-hybridized carbons (Fsp3) is 0.458. The third kappa shape index (κ3) is 5.49. The van der Waals surface area contributed by atoms with Crippen molar-refractivity contribution in [3.05, 3.63) is 53.7 Å². The number of hydrogen-bond acceptors (Lipinski definition) is 5. The van der Waals surface area contributed by atoms with Crippen LogP contribution in [-0.2, 0) is 11.0 Å². The molecule has 2 saturated heterocycles. The number of alkyl halides is 3. The van der Waals surface area contributed by atoms with Crippen molar-refractivity contribution in [2.24, 2.45) is 5.92 Å². The van der Waals surface area contributed by atoms with Crippen molar-refractivity contribution in [3.8, 4) is 0 Å². The second kappa shape index (κ2) is 10.0. The summed E-state index contributed by atoms with van der Waals surface area (Å²) in [5, 5.41) is 2.86. The van der Waals surface area contributed by atoms with E-state index in [4.69, 9.17) is 0 Å². The maximum absolute atomic E-state index is 13.2. The van der Waals surface area contributed by atoms with Crippen LogP contribution in [0.25, 0.3) is 0 Å². The predicted octanol–water partition coefficient (Wildman–Crippen LogP) is 3.47. The Kier molecular flexibility index (Phi) is 7.06. The number of carbonyl (C=O) groups is 2. The summed E-state index contributed by atoms with van der Waals surface area (Å²) in [5.74, 6) is 0.00747. The fourth-order valence-corrected chi connectivity index (χ4v) is 4.37. The third-order valence-corrected chi connectivity index (χ3v) is 6.44. The van der Waals surface area contributed by atoms with Gasteiger partial charge in [0.2, 0.25) is 5.91 Å². The van der Waals surface area contributed by atoms with Crippen LogP contribution >= 0.6 is 0 Å². The van der Waals surface area contributed by atoms with Crippen LogP contribution < -0.4 is 5.32 Å². The number of amides is 2. The molecule has 2 aromatic rings. The lowest BCUT2D eigenvalue weighted by Gasteiger charge is -2.37. The number of anilines is 2. The van der Waals surface area contributed by atoms with E-state index in [9.17, 15) is 22.8 Å². The molecule has 0 saturated carbocycles. The number of carbonyl (C=O) groups excluding carboxylic acids is 2. The summed E-state index contributed by atoms with van der Waals surface area (Å²) >= 11 is 0. The molecule has 2 aliphatic rings. The maximum atomic E-state index is 13.2. The van der Waals surface area contributed by atoms with Gasteiger partial charge in [-0.3, -0.25) is 9.59 Å². The highest BCUT2D eigenvalue weighted by molar-refractivity contribution is 5.99. The number of aromatic nitrogens is 1. The molecule has 0 atom stereocenters. The molecule has 0 unspecified atom stereocenters. The highest BCUT2D eigenvalue weighted by Gasteiger charge is 2.33. The van der Waals surface area contributed by atoms with E-state index in [1.54, 1.807) is 17.0 Å². The number of piperazine rings is 1. The molecule has 3 heterocycles. The molecule has 0 bridgehead atoms. The number of pyridine rings is 1. The standard InChI is InChI=1S/C24H28F3N5O2/c1-30-12-14-32(15-13-30)22(33)17-7-10-31(11-8-17)23(34)20-6-3-9-28-21(20)29-19-5-2-4-18(16-19)24(25,26)27/h2-6,9,16-17H,7-8,10-15H2,1H3,(H,28,29). The monoisotopic (exact) mass is 475 g/mol. The van der Waals surface area contributed by atoms with Gasteiger partial charge < -0.3 is 20.0 Å². The Morgan fingerprint density at radius 1 is 0.971 bits per heavy atom. The zero-order valence-electron chi connectivity index (χ0n) is 19.0. The Labute approximate surface area is 196 Å². The third-order valence-electron chi connectivity index (χ3n) is 6.44. The lowest BCUT2D eigenvalue weighted by molar-refractivity contribution is -0.138. The van der Waals surface area contributed by atoms with Crippen LogP contribution in [0.2, 0.25) is 0 Å². The van der Waals surface area contributed by atoms with Crippen LogP contribution in [0.5, 0.6) is 0 Å². The molecule has 182 valence electrons. The second-order valence-electron chi connectivity index (χ2n) is 8.80. The van der Waals surface area contributed by atoms with Crippen LogP contribution in [0.1, 0.15) is 28.8 Å². The van der Waals surface area contributed by atoms with E-state index in [-0.39, 0.29) is 34.8 Å². The first-order chi connectivity index (χ1) is 16.2. The number of nitrogens with one attached hydrogen (secondary N) is 1. The summed E-state index contributed by atoms with van der Waals surface area (Å²) in [7, 11) is 2.04. The number of likely N-dealkylation sites (tertiary alicyclic amines) is 1. The van der Waals surface area contributed by atoms with Crippen molar-refractivity contribution < 1.29 is 22.8 Å². The van der Waals surface area contributed by atoms with Crippen molar-refractivity contribution in [2.75, 3.05) is 51.6 Å². The van der Waals surface area contributed by atoms with E-state index in [0.29, 0.717) is 25.9 Å². The minimum Gasteiger partial charge on any atom is -0.340 e. The van der Waals surface area contributed by atoms with Gasteiger partial charge in [0.25, 0.3) is 5.91 Å². The molecule has 10 heteroatoms. The highest BCUT2D eigenvalue weighted by atomic mass is 19.4. The Morgan fingerprint density at radius 2 is 1.68 bits per heavy atom. The van der Waals surface area contributed by atoms with Gasteiger partial charge in [0.1, 0.15) is 5.82 Å². The molecular weight excluding hydrogens is 447 g/mol. The summed E-state index contributed by atoms with van der Waals surface area (Å²) in [5.41, 5.74) is -0.309. The lowest BCUT2D eigenvalue weighted by atomic mass is 9.94. The minimum absolute atomic E-state index is 0.0935. The Balaban J connectivity index is 1.40. The molecule has 4 rings (SSSR count). The zero-order chi connectivity index (χ0) is 24.3. The largest absolute Gasteiger partial charge is 0.416 e. The summed E-state index contributed by atoms with van der Waals surface area (Å²) in [4.78, 5) is 36.1. The molecule has 1 aromatic heterocycles. The average Bonchev–Trinajstić information content (AvgIpc) is 2.84. The summed E-state index contributed by atoms with van der Waals surface area (Å²) < 4.78 is 39.1. The van der Waals surface area contributed by atoms with Gasteiger partial charge in [-0.2, -0.15) is 13.2 Å². The van der Waals surface area contributed by atoms with E-state index in [0.717, 1.165) is 38.3 Å². The van der Waals surface area contributed by atoms with Gasteiger partial charge >= 0.3 is 6.18 Å². The quantitative estimate of drug-likeness (QED) is 0.734. The summed E-state index contributed by atoms with van der Waals surface area (Å²) in [6.07, 6.45) is -1.80. The Hall–Kier alpha value is -3.14. The van der Waals surface area contributed by atoms with E-state index in [1.807, 2.05) is 11.9 Å². The van der Waals surface area contributed by atoms with Crippen molar-refractivity contribution in [2.45, 2.75) is 19.0 Å². The number of hydrogen-bond donors (Lipinski definition) is 1. The van der Waals surface area contributed by atoms with Gasteiger partial charge in [-0.05, 0) is 50.2 Å². The highest BCUT2D eigenvalue weighted by Crippen LogP contribution is 2.32. The zero-order valence-corrected chi connectivity index (χ0v) is 19.0. The van der Waals surface area contributed by atoms with Gasteiger partial charge in [0, 0.05) is 57.1 Å². The number of nitrogens with zero attached hydrogens (tertiary/aromatic N) is 4. The first-order valence-electron chi connectivity index (χ1n) is 11.4.